The van der Waals surface area contributed by atoms with Crippen LogP contribution >= 0.6 is 0 Å². The molecule has 0 fully saturated rings. The third-order valence-electron chi connectivity index (χ3n) is 1.32. The van der Waals surface area contributed by atoms with Crippen molar-refractivity contribution in [1.29, 1.82) is 0 Å². The third kappa shape index (κ3) is 7.20. The molecule has 3 nitrogen and oxygen atoms in total. The van der Waals surface area contributed by atoms with Gasteiger partial charge >= 0.3 is 0 Å². The number of nitrogens with one attached hydrogen (secondary N) is 1. The number of allylic oxidation sites excluding steroid dienone is 5. The number of hydrogen-bond acceptors (Lipinski definition) is 2. The molecule has 0 aliphatic rings. The first kappa shape index (κ1) is 17.3. The fourth-order valence-electron chi connectivity index (χ4n) is 0.787. The maximum absolute atomic E-state index is 11.5. The second-order valence-electron chi connectivity index (χ2n) is 2.40. The Labute approximate surface area is 99.3 Å². The van der Waals surface area contributed by atoms with Crippen LogP contribution in [0, 0.1) is 0 Å². The molecule has 0 aromatic carbocycles. The molecule has 16 heavy (non-hydrogen) atoms. The molecule has 0 heterocycles. The normalized spacial score (nSPS) is 11.8. The van der Waals surface area contributed by atoms with Crippen molar-refractivity contribution in [2.24, 2.45) is 0 Å². The molecule has 1 N–H and O–H groups in total. The first-order chi connectivity index (χ1) is 7.58. The van der Waals surface area contributed by atoms with Gasteiger partial charge in [0, 0.05) is 6.54 Å². The van der Waals surface area contributed by atoms with Crippen molar-refractivity contribution in [3.8, 4) is 0 Å². The minimum absolute atomic E-state index is 0.175. The fourth-order valence-corrected chi connectivity index (χ4v) is 1.87. The lowest BCUT2D eigenvalue weighted by atomic mass is 10.4. The van der Waals surface area contributed by atoms with E-state index in [2.05, 4.69) is 17.9 Å². The van der Waals surface area contributed by atoms with Gasteiger partial charge < -0.3 is 0 Å². The van der Waals surface area contributed by atoms with Crippen LogP contribution in [0.2, 0.25) is 0 Å². The fraction of sp³-hybridized carbons (Fsp3) is 0.333. The van der Waals surface area contributed by atoms with Crippen molar-refractivity contribution in [2.45, 2.75) is 20.8 Å². The molecule has 0 aliphatic heterocycles. The van der Waals surface area contributed by atoms with E-state index in [0.29, 0.717) is 6.54 Å². The molecular formula is C12H21NO2S. The Bertz CT molecular complexity index is 351. The average molecular weight is 243 g/mol. The highest BCUT2D eigenvalue weighted by Crippen LogP contribution is 2.06. The van der Waals surface area contributed by atoms with Crippen LogP contribution in [-0.4, -0.2) is 15.0 Å². The van der Waals surface area contributed by atoms with Gasteiger partial charge in [0.25, 0.3) is 0 Å². The minimum atomic E-state index is -3.40. The molecule has 0 rings (SSSR count). The van der Waals surface area contributed by atoms with Gasteiger partial charge in [0.1, 0.15) is 0 Å². The van der Waals surface area contributed by atoms with Gasteiger partial charge in [0.05, 0.1) is 4.91 Å². The summed E-state index contributed by atoms with van der Waals surface area (Å²) in [7, 11) is -3.40. The monoisotopic (exact) mass is 243 g/mol. The second kappa shape index (κ2) is 10.4. The van der Waals surface area contributed by atoms with Crippen molar-refractivity contribution in [3.05, 3.63) is 48.4 Å². The summed E-state index contributed by atoms with van der Waals surface area (Å²) in [6.07, 6.45) is 7.39. The van der Waals surface area contributed by atoms with E-state index in [4.69, 9.17) is 0 Å². The van der Waals surface area contributed by atoms with Crippen LogP contribution in [0.15, 0.2) is 48.4 Å². The summed E-state index contributed by atoms with van der Waals surface area (Å²) in [6, 6.07) is 0. The maximum Gasteiger partial charge on any atom is 0.240 e. The highest BCUT2D eigenvalue weighted by Gasteiger charge is 2.11. The van der Waals surface area contributed by atoms with Gasteiger partial charge in [-0.05, 0) is 12.2 Å². The largest absolute Gasteiger partial charge is 0.240 e. The Morgan fingerprint density at radius 1 is 1.25 bits per heavy atom. The molecule has 92 valence electrons. The smallest absolute Gasteiger partial charge is 0.211 e. The summed E-state index contributed by atoms with van der Waals surface area (Å²) in [6.45, 7) is 13.0. The molecule has 0 saturated heterocycles. The van der Waals surface area contributed by atoms with E-state index in [9.17, 15) is 8.42 Å². The summed E-state index contributed by atoms with van der Waals surface area (Å²) >= 11 is 0. The Hall–Kier alpha value is -1.13. The highest BCUT2D eigenvalue weighted by atomic mass is 32.2. The first-order valence-electron chi connectivity index (χ1n) is 5.20. The summed E-state index contributed by atoms with van der Waals surface area (Å²) < 4.78 is 25.4. The molecule has 0 aliphatic carbocycles. The van der Waals surface area contributed by atoms with Crippen LogP contribution < -0.4 is 4.72 Å². The number of rotatable bonds is 6. The maximum atomic E-state index is 11.5. The van der Waals surface area contributed by atoms with Crippen molar-refractivity contribution in [1.82, 2.24) is 4.72 Å². The van der Waals surface area contributed by atoms with Gasteiger partial charge in [0.2, 0.25) is 10.0 Å². The predicted octanol–water partition coefficient (Wildman–Crippen LogP) is 2.76. The SMILES string of the molecule is C=C/C=C\C(=C/C=C)S(=O)(=O)NCC.CC. The van der Waals surface area contributed by atoms with Crippen LogP contribution in [0.4, 0.5) is 0 Å². The van der Waals surface area contributed by atoms with Gasteiger partial charge in [-0.15, -0.1) is 0 Å². The van der Waals surface area contributed by atoms with Crippen LogP contribution in [-0.2, 0) is 10.0 Å². The number of hydrogen-bond donors (Lipinski definition) is 1. The van der Waals surface area contributed by atoms with Crippen LogP contribution in [0.25, 0.3) is 0 Å². The highest BCUT2D eigenvalue weighted by molar-refractivity contribution is 7.93. The Morgan fingerprint density at radius 2 is 1.81 bits per heavy atom. The van der Waals surface area contributed by atoms with Gasteiger partial charge in [-0.1, -0.05) is 52.2 Å². The topological polar surface area (TPSA) is 46.2 Å². The summed E-state index contributed by atoms with van der Waals surface area (Å²) in [5.41, 5.74) is 0. The van der Waals surface area contributed by atoms with Crippen molar-refractivity contribution >= 4 is 10.0 Å². The summed E-state index contributed by atoms with van der Waals surface area (Å²) in [5, 5.41) is 0. The summed E-state index contributed by atoms with van der Waals surface area (Å²) in [4.78, 5) is 0.175. The Morgan fingerprint density at radius 3 is 2.19 bits per heavy atom. The molecule has 0 saturated carbocycles. The zero-order valence-corrected chi connectivity index (χ0v) is 11.0. The van der Waals surface area contributed by atoms with Gasteiger partial charge in [0.15, 0.2) is 0 Å². The summed E-state index contributed by atoms with van der Waals surface area (Å²) in [5.74, 6) is 0. The molecule has 0 bridgehead atoms. The van der Waals surface area contributed by atoms with E-state index >= 15 is 0 Å². The molecular weight excluding hydrogens is 222 g/mol. The van der Waals surface area contributed by atoms with E-state index in [0.717, 1.165) is 0 Å². The number of sulfonamides is 1. The first-order valence-corrected chi connectivity index (χ1v) is 6.68. The lowest BCUT2D eigenvalue weighted by molar-refractivity contribution is 0.591. The van der Waals surface area contributed by atoms with Crippen molar-refractivity contribution in [3.63, 3.8) is 0 Å². The van der Waals surface area contributed by atoms with E-state index in [1.807, 2.05) is 13.8 Å². The standard InChI is InChI=1S/C10H15NO2S.C2H6/c1-4-7-9-10(8-5-2)14(12,13)11-6-3;1-2/h4-5,7-9,11H,1-2,6H2,3H3;1-2H3/b9-7-,10-8+;. The average Bonchev–Trinajstić information content (AvgIpc) is 2.26. The van der Waals surface area contributed by atoms with Crippen LogP contribution in [0.5, 0.6) is 0 Å². The quantitative estimate of drug-likeness (QED) is 0.729. The zero-order valence-electron chi connectivity index (χ0n) is 10.2. The van der Waals surface area contributed by atoms with Crippen molar-refractivity contribution < 1.29 is 8.42 Å². The molecule has 0 atom stereocenters. The van der Waals surface area contributed by atoms with E-state index in [1.54, 1.807) is 13.0 Å². The van der Waals surface area contributed by atoms with Crippen LogP contribution in [0.1, 0.15) is 20.8 Å². The third-order valence-corrected chi connectivity index (χ3v) is 2.88. The molecule has 0 unspecified atom stereocenters. The molecule has 0 aromatic rings. The molecule has 0 amide bonds. The Balaban J connectivity index is 0. The van der Waals surface area contributed by atoms with Gasteiger partial charge in [-0.25, -0.2) is 13.1 Å². The van der Waals surface area contributed by atoms with E-state index in [-0.39, 0.29) is 4.91 Å². The van der Waals surface area contributed by atoms with Crippen molar-refractivity contribution in [2.75, 3.05) is 6.54 Å². The second-order valence-corrected chi connectivity index (χ2v) is 4.17. The molecule has 0 radical (unpaired) electrons. The molecule has 0 spiro atoms. The molecule has 0 aromatic heterocycles. The van der Waals surface area contributed by atoms with E-state index < -0.39 is 10.0 Å². The predicted molar refractivity (Wildman–Crippen MR) is 71.6 cm³/mol. The van der Waals surface area contributed by atoms with Gasteiger partial charge in [-0.3, -0.25) is 0 Å². The lowest BCUT2D eigenvalue weighted by Gasteiger charge is -2.03. The van der Waals surface area contributed by atoms with E-state index in [1.165, 1.54) is 24.3 Å². The lowest BCUT2D eigenvalue weighted by Crippen LogP contribution is -2.23. The Kier molecular flexibility index (Phi) is 11.2. The van der Waals surface area contributed by atoms with Crippen LogP contribution in [0.3, 0.4) is 0 Å². The minimum Gasteiger partial charge on any atom is -0.211 e. The zero-order chi connectivity index (χ0) is 13.0. The van der Waals surface area contributed by atoms with Gasteiger partial charge in [-0.2, -0.15) is 0 Å². The molecule has 4 heteroatoms.